The Balaban J connectivity index is 2.15. The van der Waals surface area contributed by atoms with Gasteiger partial charge in [0.15, 0.2) is 5.65 Å². The van der Waals surface area contributed by atoms with Crippen LogP contribution in [-0.4, -0.2) is 13.9 Å². The molecule has 3 aromatic heterocycles. The van der Waals surface area contributed by atoms with Crippen molar-refractivity contribution in [2.45, 2.75) is 6.18 Å². The Morgan fingerprint density at radius 3 is 2.55 bits per heavy atom. The third kappa shape index (κ3) is 2.98. The zero-order valence-corrected chi connectivity index (χ0v) is 15.2. The summed E-state index contributed by atoms with van der Waals surface area (Å²) in [6.45, 7) is 0. The van der Waals surface area contributed by atoms with Crippen LogP contribution in [0.15, 0.2) is 41.3 Å². The highest BCUT2D eigenvalue weighted by Gasteiger charge is 2.32. The SMILES string of the molecule is FC(F)(F)c1ccc(-c2cn(SI)c3ncc(Br)cc23)cn1. The first-order valence-electron chi connectivity index (χ1n) is 5.89. The molecule has 0 radical (unpaired) electrons. The second kappa shape index (κ2) is 6.00. The predicted octanol–water partition coefficient (Wildman–Crippen LogP) is 5.73. The maximum atomic E-state index is 12.6. The van der Waals surface area contributed by atoms with E-state index in [1.165, 1.54) is 21.4 Å². The van der Waals surface area contributed by atoms with Crippen molar-refractivity contribution in [2.75, 3.05) is 0 Å². The molecule has 0 spiro atoms. The van der Waals surface area contributed by atoms with Gasteiger partial charge in [0.1, 0.15) is 5.69 Å². The van der Waals surface area contributed by atoms with Gasteiger partial charge in [-0.1, -0.05) is 6.07 Å². The lowest BCUT2D eigenvalue weighted by Gasteiger charge is -2.06. The third-order valence-electron chi connectivity index (χ3n) is 3.02. The smallest absolute Gasteiger partial charge is 0.265 e. The van der Waals surface area contributed by atoms with Gasteiger partial charge in [0.2, 0.25) is 0 Å². The van der Waals surface area contributed by atoms with Gasteiger partial charge in [-0.3, -0.25) is 8.96 Å². The first kappa shape index (κ1) is 16.1. The van der Waals surface area contributed by atoms with E-state index in [4.69, 9.17) is 0 Å². The number of alkyl halides is 3. The molecule has 0 aliphatic heterocycles. The van der Waals surface area contributed by atoms with Crippen LogP contribution in [0.3, 0.4) is 0 Å². The van der Waals surface area contributed by atoms with Crippen LogP contribution >= 0.6 is 46.3 Å². The molecule has 9 heteroatoms. The Hall–Kier alpha value is -0.810. The molecule has 0 aliphatic carbocycles. The molecule has 114 valence electrons. The second-order valence-electron chi connectivity index (χ2n) is 4.39. The summed E-state index contributed by atoms with van der Waals surface area (Å²) in [6.07, 6.45) is 0.321. The van der Waals surface area contributed by atoms with Gasteiger partial charge >= 0.3 is 6.18 Å². The Bertz CT molecular complexity index is 833. The van der Waals surface area contributed by atoms with Gasteiger partial charge in [-0.2, -0.15) is 13.2 Å². The quantitative estimate of drug-likeness (QED) is 0.422. The maximum Gasteiger partial charge on any atom is 0.433 e. The van der Waals surface area contributed by atoms with E-state index in [2.05, 4.69) is 47.1 Å². The minimum Gasteiger partial charge on any atom is -0.265 e. The zero-order valence-electron chi connectivity index (χ0n) is 10.6. The van der Waals surface area contributed by atoms with Crippen LogP contribution in [0.2, 0.25) is 0 Å². The maximum absolute atomic E-state index is 12.6. The van der Waals surface area contributed by atoms with E-state index < -0.39 is 11.9 Å². The molecule has 0 N–H and O–H groups in total. The van der Waals surface area contributed by atoms with Gasteiger partial charge in [0, 0.05) is 69.9 Å². The number of rotatable bonds is 2. The van der Waals surface area contributed by atoms with E-state index in [1.807, 2.05) is 16.2 Å². The van der Waals surface area contributed by atoms with E-state index >= 15 is 0 Å². The molecule has 0 aromatic carbocycles. The van der Waals surface area contributed by atoms with Gasteiger partial charge < -0.3 is 0 Å². The highest BCUT2D eigenvalue weighted by molar-refractivity contribution is 14.2. The van der Waals surface area contributed by atoms with E-state index in [0.717, 1.165) is 27.1 Å². The van der Waals surface area contributed by atoms with Crippen LogP contribution in [0.1, 0.15) is 5.69 Å². The predicted molar refractivity (Wildman–Crippen MR) is 92.7 cm³/mol. The van der Waals surface area contributed by atoms with Gasteiger partial charge in [0.25, 0.3) is 0 Å². The van der Waals surface area contributed by atoms with Crippen molar-refractivity contribution >= 4 is 57.3 Å². The zero-order chi connectivity index (χ0) is 15.9. The Labute approximate surface area is 148 Å². The average Bonchev–Trinajstić information content (AvgIpc) is 2.84. The molecular weight excluding hydrogens is 494 g/mol. The number of nitrogens with zero attached hydrogens (tertiary/aromatic N) is 3. The van der Waals surface area contributed by atoms with Crippen molar-refractivity contribution in [2.24, 2.45) is 0 Å². The van der Waals surface area contributed by atoms with Crippen molar-refractivity contribution in [3.63, 3.8) is 0 Å². The van der Waals surface area contributed by atoms with Gasteiger partial charge in [-0.05, 0) is 28.1 Å². The summed E-state index contributed by atoms with van der Waals surface area (Å²) in [5, 5.41) is 0.847. The minimum absolute atomic E-state index is 0.613. The van der Waals surface area contributed by atoms with Crippen molar-refractivity contribution in [3.8, 4) is 11.1 Å². The summed E-state index contributed by atoms with van der Waals surface area (Å²) in [4.78, 5) is 7.86. The van der Waals surface area contributed by atoms with Crippen LogP contribution in [0.4, 0.5) is 13.2 Å². The summed E-state index contributed by atoms with van der Waals surface area (Å²) < 4.78 is 40.5. The van der Waals surface area contributed by atoms with E-state index in [1.54, 1.807) is 6.20 Å². The summed E-state index contributed by atoms with van der Waals surface area (Å²) >= 11 is 5.49. The fourth-order valence-corrected chi connectivity index (χ4v) is 3.65. The van der Waals surface area contributed by atoms with Crippen molar-refractivity contribution in [1.82, 2.24) is 13.9 Å². The highest BCUT2D eigenvalue weighted by Crippen LogP contribution is 2.35. The summed E-state index contributed by atoms with van der Waals surface area (Å²) in [5.41, 5.74) is 1.25. The number of aromatic nitrogens is 3. The van der Waals surface area contributed by atoms with Crippen LogP contribution in [0.25, 0.3) is 22.2 Å². The lowest BCUT2D eigenvalue weighted by atomic mass is 10.1. The van der Waals surface area contributed by atoms with Gasteiger partial charge in [0.05, 0.1) is 0 Å². The molecule has 3 rings (SSSR count). The van der Waals surface area contributed by atoms with E-state index in [-0.39, 0.29) is 0 Å². The van der Waals surface area contributed by atoms with Crippen LogP contribution in [0, 0.1) is 0 Å². The van der Waals surface area contributed by atoms with Gasteiger partial charge in [-0.25, -0.2) is 4.98 Å². The number of hydrogen-bond donors (Lipinski definition) is 0. The van der Waals surface area contributed by atoms with Crippen molar-refractivity contribution in [1.29, 1.82) is 0 Å². The summed E-state index contributed by atoms with van der Waals surface area (Å²) in [5.74, 6) is 0. The normalized spacial score (nSPS) is 12.0. The molecule has 0 aliphatic rings. The molecule has 3 heterocycles. The molecule has 3 aromatic rings. The number of hydrogen-bond acceptors (Lipinski definition) is 3. The molecule has 0 unspecified atom stereocenters. The fourth-order valence-electron chi connectivity index (χ4n) is 2.06. The minimum atomic E-state index is -4.44. The molecule has 0 atom stereocenters. The lowest BCUT2D eigenvalue weighted by Crippen LogP contribution is -2.07. The molecule has 0 saturated carbocycles. The van der Waals surface area contributed by atoms with Gasteiger partial charge in [-0.15, -0.1) is 0 Å². The molecule has 0 fully saturated rings. The molecule has 22 heavy (non-hydrogen) atoms. The first-order valence-corrected chi connectivity index (χ1v) is 10.0. The monoisotopic (exact) mass is 499 g/mol. The largest absolute Gasteiger partial charge is 0.433 e. The summed E-state index contributed by atoms with van der Waals surface area (Å²) in [6, 6.07) is 4.30. The molecule has 0 amide bonds. The number of halogens is 5. The lowest BCUT2D eigenvalue weighted by molar-refractivity contribution is -0.141. The standard InChI is InChI=1S/C13H6BrF3IN3S/c14-8-3-9-10(6-21(22-18)12(9)20-5-8)7-1-2-11(19-4-7)13(15,16)17/h1-6H. The first-order chi connectivity index (χ1) is 10.4. The van der Waals surface area contributed by atoms with Crippen LogP contribution in [0.5, 0.6) is 0 Å². The average molecular weight is 500 g/mol. The molecular formula is C13H6BrF3IN3S. The number of fused-ring (bicyclic) bond motifs is 1. The molecule has 0 saturated heterocycles. The third-order valence-corrected chi connectivity index (χ3v) is 5.15. The molecule has 3 nitrogen and oxygen atoms in total. The Morgan fingerprint density at radius 1 is 1.18 bits per heavy atom. The topological polar surface area (TPSA) is 30.7 Å². The van der Waals surface area contributed by atoms with E-state index in [0.29, 0.717) is 5.56 Å². The Morgan fingerprint density at radius 2 is 1.95 bits per heavy atom. The number of pyridine rings is 2. The van der Waals surface area contributed by atoms with E-state index in [9.17, 15) is 13.2 Å². The van der Waals surface area contributed by atoms with Crippen molar-refractivity contribution < 1.29 is 13.2 Å². The molecule has 0 bridgehead atoms. The Kier molecular flexibility index (Phi) is 4.38. The second-order valence-corrected chi connectivity index (χ2v) is 7.02. The fraction of sp³-hybridized carbons (Fsp3) is 0.0769. The van der Waals surface area contributed by atoms with Crippen molar-refractivity contribution in [3.05, 3.63) is 47.0 Å². The highest BCUT2D eigenvalue weighted by atomic mass is 127. The van der Waals surface area contributed by atoms with Crippen LogP contribution in [-0.2, 0) is 6.18 Å². The van der Waals surface area contributed by atoms with Crippen LogP contribution < -0.4 is 0 Å². The summed E-state index contributed by atoms with van der Waals surface area (Å²) in [7, 11) is 1.44.